The minimum atomic E-state index is -3.63. The van der Waals surface area contributed by atoms with E-state index in [2.05, 4.69) is 5.32 Å². The fourth-order valence-electron chi connectivity index (χ4n) is 3.41. The van der Waals surface area contributed by atoms with Gasteiger partial charge in [-0.25, -0.2) is 8.42 Å². The van der Waals surface area contributed by atoms with E-state index < -0.39 is 10.0 Å². The van der Waals surface area contributed by atoms with Crippen LogP contribution in [0.4, 0.5) is 5.69 Å². The van der Waals surface area contributed by atoms with E-state index in [1.165, 1.54) is 28.2 Å². The van der Waals surface area contributed by atoms with Crippen LogP contribution in [-0.2, 0) is 14.8 Å². The van der Waals surface area contributed by atoms with Gasteiger partial charge in [-0.2, -0.15) is 4.31 Å². The number of thioether (sulfide) groups is 1. The van der Waals surface area contributed by atoms with Gasteiger partial charge in [0.25, 0.3) is 5.91 Å². The lowest BCUT2D eigenvalue weighted by Crippen LogP contribution is -2.50. The number of carbonyl (C=O) groups is 2. The summed E-state index contributed by atoms with van der Waals surface area (Å²) >= 11 is 7.30. The molecule has 2 heterocycles. The molecule has 1 atom stereocenters. The van der Waals surface area contributed by atoms with Gasteiger partial charge in [0.2, 0.25) is 15.9 Å². The van der Waals surface area contributed by atoms with Gasteiger partial charge in [0, 0.05) is 41.7 Å². The number of rotatable bonds is 3. The fraction of sp³-hybridized carbons (Fsp3) is 0.300. The van der Waals surface area contributed by atoms with Gasteiger partial charge in [-0.3, -0.25) is 9.59 Å². The Labute approximate surface area is 184 Å². The number of sulfonamides is 1. The Balaban J connectivity index is 1.44. The summed E-state index contributed by atoms with van der Waals surface area (Å²) in [5.74, 6) is -0.266. The van der Waals surface area contributed by atoms with Gasteiger partial charge in [-0.05, 0) is 49.4 Å². The molecule has 2 amide bonds. The Morgan fingerprint density at radius 1 is 1.10 bits per heavy atom. The quantitative estimate of drug-likeness (QED) is 0.753. The number of carbonyl (C=O) groups excluding carboxylic acids is 2. The van der Waals surface area contributed by atoms with Gasteiger partial charge < -0.3 is 10.2 Å². The molecule has 2 aliphatic heterocycles. The molecule has 2 aromatic carbocycles. The smallest absolute Gasteiger partial charge is 0.254 e. The number of nitrogens with one attached hydrogen (secondary N) is 1. The summed E-state index contributed by atoms with van der Waals surface area (Å²) in [5.41, 5.74) is 1.11. The third-order valence-electron chi connectivity index (χ3n) is 5.13. The van der Waals surface area contributed by atoms with Crippen molar-refractivity contribution in [3.63, 3.8) is 0 Å². The molecule has 2 aromatic rings. The van der Waals surface area contributed by atoms with E-state index in [0.717, 1.165) is 4.90 Å². The van der Waals surface area contributed by atoms with E-state index in [1.807, 2.05) is 13.0 Å². The largest absolute Gasteiger partial charge is 0.336 e. The molecule has 0 saturated carbocycles. The first-order valence-electron chi connectivity index (χ1n) is 9.42. The van der Waals surface area contributed by atoms with E-state index >= 15 is 0 Å². The molecular formula is C20H20ClN3O4S2. The fourth-order valence-corrected chi connectivity index (χ4v) is 5.89. The monoisotopic (exact) mass is 465 g/mol. The van der Waals surface area contributed by atoms with Crippen LogP contribution < -0.4 is 5.32 Å². The van der Waals surface area contributed by atoms with E-state index in [-0.39, 0.29) is 35.0 Å². The van der Waals surface area contributed by atoms with Crippen LogP contribution in [0.1, 0.15) is 17.3 Å². The summed E-state index contributed by atoms with van der Waals surface area (Å²) in [6.45, 7) is 2.85. The lowest BCUT2D eigenvalue weighted by Gasteiger charge is -2.34. The minimum absolute atomic E-state index is 0.0851. The molecule has 0 aromatic heterocycles. The molecular weight excluding hydrogens is 446 g/mol. The van der Waals surface area contributed by atoms with Gasteiger partial charge in [0.1, 0.15) is 0 Å². The molecule has 0 bridgehead atoms. The van der Waals surface area contributed by atoms with Crippen LogP contribution in [0.15, 0.2) is 52.3 Å². The normalized spacial score (nSPS) is 19.9. The van der Waals surface area contributed by atoms with Crippen molar-refractivity contribution in [1.82, 2.24) is 9.21 Å². The molecule has 0 aliphatic carbocycles. The maximum atomic E-state index is 12.9. The highest BCUT2D eigenvalue weighted by Gasteiger charge is 2.31. The maximum absolute atomic E-state index is 12.9. The predicted octanol–water partition coefficient (Wildman–Crippen LogP) is 2.92. The van der Waals surface area contributed by atoms with E-state index in [4.69, 9.17) is 11.6 Å². The second-order valence-corrected chi connectivity index (χ2v) is 10.9. The zero-order valence-electron chi connectivity index (χ0n) is 16.2. The topological polar surface area (TPSA) is 86.8 Å². The summed E-state index contributed by atoms with van der Waals surface area (Å²) in [5, 5.41) is 3.13. The molecule has 30 heavy (non-hydrogen) atoms. The molecule has 1 N–H and O–H groups in total. The van der Waals surface area contributed by atoms with Gasteiger partial charge in [-0.15, -0.1) is 11.8 Å². The van der Waals surface area contributed by atoms with Crippen molar-refractivity contribution >= 4 is 50.9 Å². The van der Waals surface area contributed by atoms with Gasteiger partial charge in [-0.1, -0.05) is 11.6 Å². The van der Waals surface area contributed by atoms with Crippen molar-refractivity contribution < 1.29 is 18.0 Å². The predicted molar refractivity (Wildman–Crippen MR) is 117 cm³/mol. The highest BCUT2D eigenvalue weighted by molar-refractivity contribution is 8.01. The Morgan fingerprint density at radius 3 is 2.43 bits per heavy atom. The SMILES string of the molecule is CC1Sc2ccc(C(=O)N3CCN(S(=O)(=O)c4ccc(Cl)cc4)CC3)cc2NC1=O. The van der Waals surface area contributed by atoms with Gasteiger partial charge in [0.05, 0.1) is 15.8 Å². The molecule has 2 aliphatic rings. The number of amides is 2. The molecule has 1 unspecified atom stereocenters. The number of hydrogen-bond donors (Lipinski definition) is 1. The second-order valence-electron chi connectivity index (χ2n) is 7.11. The van der Waals surface area contributed by atoms with Crippen LogP contribution >= 0.6 is 23.4 Å². The highest BCUT2D eigenvalue weighted by atomic mass is 35.5. The Morgan fingerprint density at radius 2 is 1.77 bits per heavy atom. The van der Waals surface area contributed by atoms with Gasteiger partial charge >= 0.3 is 0 Å². The summed E-state index contributed by atoms with van der Waals surface area (Å²) < 4.78 is 27.0. The molecule has 0 spiro atoms. The zero-order chi connectivity index (χ0) is 21.5. The highest BCUT2D eigenvalue weighted by Crippen LogP contribution is 2.36. The molecule has 0 radical (unpaired) electrons. The summed E-state index contributed by atoms with van der Waals surface area (Å²) in [7, 11) is -3.63. The number of benzene rings is 2. The average Bonchev–Trinajstić information content (AvgIpc) is 2.74. The van der Waals surface area contributed by atoms with Crippen molar-refractivity contribution in [2.45, 2.75) is 22.0 Å². The number of nitrogens with zero attached hydrogens (tertiary/aromatic N) is 2. The average molecular weight is 466 g/mol. The molecule has 1 saturated heterocycles. The Kier molecular flexibility index (Phi) is 5.80. The van der Waals surface area contributed by atoms with E-state index in [1.54, 1.807) is 29.2 Å². The number of fused-ring (bicyclic) bond motifs is 1. The molecule has 158 valence electrons. The number of anilines is 1. The standard InChI is InChI=1S/C20H20ClN3O4S2/c1-13-19(25)22-17-12-14(2-7-18(17)29-13)20(26)23-8-10-24(11-9-23)30(27,28)16-5-3-15(21)4-6-16/h2-7,12-13H,8-11H2,1H3,(H,22,25). The molecule has 4 rings (SSSR count). The summed E-state index contributed by atoms with van der Waals surface area (Å²) in [6, 6.07) is 11.3. The Hall–Kier alpha value is -2.07. The number of hydrogen-bond acceptors (Lipinski definition) is 5. The molecule has 7 nitrogen and oxygen atoms in total. The number of piperazine rings is 1. The third kappa shape index (κ3) is 4.07. The van der Waals surface area contributed by atoms with Crippen molar-refractivity contribution in [2.24, 2.45) is 0 Å². The van der Waals surface area contributed by atoms with Gasteiger partial charge in [0.15, 0.2) is 0 Å². The van der Waals surface area contributed by atoms with Crippen LogP contribution in [0.2, 0.25) is 5.02 Å². The summed E-state index contributed by atoms with van der Waals surface area (Å²) in [4.78, 5) is 27.6. The van der Waals surface area contributed by atoms with E-state index in [9.17, 15) is 18.0 Å². The van der Waals surface area contributed by atoms with Crippen molar-refractivity contribution in [3.05, 3.63) is 53.1 Å². The maximum Gasteiger partial charge on any atom is 0.254 e. The third-order valence-corrected chi connectivity index (χ3v) is 8.48. The van der Waals surface area contributed by atoms with Crippen LogP contribution in [0.3, 0.4) is 0 Å². The first-order chi connectivity index (χ1) is 14.3. The second kappa shape index (κ2) is 8.22. The van der Waals surface area contributed by atoms with Crippen LogP contribution in [0, 0.1) is 0 Å². The first-order valence-corrected chi connectivity index (χ1v) is 12.1. The lowest BCUT2D eigenvalue weighted by molar-refractivity contribution is -0.115. The van der Waals surface area contributed by atoms with Crippen LogP contribution in [-0.4, -0.2) is 60.9 Å². The Bertz CT molecular complexity index is 1100. The van der Waals surface area contributed by atoms with E-state index in [0.29, 0.717) is 29.4 Å². The van der Waals surface area contributed by atoms with Crippen molar-refractivity contribution in [1.29, 1.82) is 0 Å². The zero-order valence-corrected chi connectivity index (χ0v) is 18.6. The van der Waals surface area contributed by atoms with Crippen LogP contribution in [0.25, 0.3) is 0 Å². The summed E-state index contributed by atoms with van der Waals surface area (Å²) in [6.07, 6.45) is 0. The first kappa shape index (κ1) is 21.2. The van der Waals surface area contributed by atoms with Crippen molar-refractivity contribution in [3.8, 4) is 0 Å². The lowest BCUT2D eigenvalue weighted by atomic mass is 10.1. The number of halogens is 1. The molecule has 10 heteroatoms. The van der Waals surface area contributed by atoms with Crippen LogP contribution in [0.5, 0.6) is 0 Å². The van der Waals surface area contributed by atoms with Crippen molar-refractivity contribution in [2.75, 3.05) is 31.5 Å². The molecule has 1 fully saturated rings. The minimum Gasteiger partial charge on any atom is -0.336 e.